The van der Waals surface area contributed by atoms with Crippen molar-refractivity contribution in [2.24, 2.45) is 0 Å². The Morgan fingerprint density at radius 2 is 1.70 bits per heavy atom. The summed E-state index contributed by atoms with van der Waals surface area (Å²) in [5, 5.41) is 14.4. The predicted octanol–water partition coefficient (Wildman–Crippen LogP) is 3.31. The molecule has 0 aliphatic rings. The number of carbonyl (C=O) groups excluding carboxylic acids is 1. The number of anilines is 1. The summed E-state index contributed by atoms with van der Waals surface area (Å²) in [6, 6.07) is 10.9. The van der Waals surface area contributed by atoms with E-state index < -0.39 is 11.9 Å². The number of benzene rings is 2. The lowest BCUT2D eigenvalue weighted by molar-refractivity contribution is 0.0696. The summed E-state index contributed by atoms with van der Waals surface area (Å²) < 4.78 is 10.7. The second-order valence-corrected chi connectivity index (χ2v) is 6.23. The second kappa shape index (κ2) is 9.00. The lowest BCUT2D eigenvalue weighted by atomic mass is 10.2. The molecule has 0 aromatic heterocycles. The Bertz CT molecular complexity index is 850. The average molecular weight is 388 g/mol. The van der Waals surface area contributed by atoms with E-state index in [1.54, 1.807) is 24.3 Å². The van der Waals surface area contributed by atoms with Crippen LogP contribution in [0.2, 0.25) is 0 Å². The van der Waals surface area contributed by atoms with Gasteiger partial charge in [-0.25, -0.2) is 4.79 Å². The van der Waals surface area contributed by atoms with Crippen LogP contribution in [0.25, 0.3) is 0 Å². The van der Waals surface area contributed by atoms with Gasteiger partial charge in [-0.3, -0.25) is 10.1 Å². The molecule has 1 amide bonds. The number of carboxylic acid groups (broad SMARTS) is 1. The first kappa shape index (κ1) is 20.2. The number of nitrogens with one attached hydrogen (secondary N) is 2. The van der Waals surface area contributed by atoms with Crippen molar-refractivity contribution in [3.63, 3.8) is 0 Å². The largest absolute Gasteiger partial charge is 0.495 e. The number of ether oxygens (including phenoxy) is 2. The quantitative estimate of drug-likeness (QED) is 0.653. The molecule has 0 aliphatic heterocycles. The molecule has 3 N–H and O–H groups in total. The van der Waals surface area contributed by atoms with Crippen molar-refractivity contribution in [3.8, 4) is 11.5 Å². The minimum absolute atomic E-state index is 0.0170. The van der Waals surface area contributed by atoms with Gasteiger partial charge in [-0.15, -0.1) is 0 Å². The fraction of sp³-hybridized carbons (Fsp3) is 0.211. The third-order valence-corrected chi connectivity index (χ3v) is 3.61. The number of hydrogen-bond acceptors (Lipinski definition) is 5. The van der Waals surface area contributed by atoms with Crippen molar-refractivity contribution >= 4 is 34.9 Å². The zero-order valence-electron chi connectivity index (χ0n) is 15.1. The van der Waals surface area contributed by atoms with Gasteiger partial charge in [0.25, 0.3) is 5.91 Å². The van der Waals surface area contributed by atoms with Crippen LogP contribution >= 0.6 is 12.2 Å². The number of carbonyl (C=O) groups is 2. The standard InChI is InChI=1S/C19H20N2O5S/c1-11(2)26-14-7-4-12(5-8-14)17(22)21-19(27)20-15-10-13(18(23)24)6-9-16(15)25-3/h4-11H,1-3H3,(H,23,24)(H2,20,21,22,27). The number of aromatic carboxylic acids is 1. The highest BCUT2D eigenvalue weighted by Gasteiger charge is 2.13. The van der Waals surface area contributed by atoms with Gasteiger partial charge in [0, 0.05) is 5.56 Å². The lowest BCUT2D eigenvalue weighted by Gasteiger charge is -2.14. The molecule has 7 nitrogen and oxygen atoms in total. The topological polar surface area (TPSA) is 96.9 Å². The molecule has 8 heteroatoms. The molecule has 0 unspecified atom stereocenters. The third-order valence-electron chi connectivity index (χ3n) is 3.41. The number of amides is 1. The van der Waals surface area contributed by atoms with E-state index in [4.69, 9.17) is 26.8 Å². The molecule has 2 rings (SSSR count). The van der Waals surface area contributed by atoms with Gasteiger partial charge in [0.05, 0.1) is 24.5 Å². The van der Waals surface area contributed by atoms with E-state index in [2.05, 4.69) is 10.6 Å². The van der Waals surface area contributed by atoms with E-state index in [1.165, 1.54) is 25.3 Å². The molecule has 2 aromatic carbocycles. The maximum absolute atomic E-state index is 12.3. The summed E-state index contributed by atoms with van der Waals surface area (Å²) in [7, 11) is 1.45. The first-order valence-electron chi connectivity index (χ1n) is 8.10. The minimum atomic E-state index is -1.08. The maximum Gasteiger partial charge on any atom is 0.335 e. The van der Waals surface area contributed by atoms with Crippen LogP contribution in [-0.4, -0.2) is 35.3 Å². The number of hydrogen-bond donors (Lipinski definition) is 3. The number of carboxylic acids is 1. The summed E-state index contributed by atoms with van der Waals surface area (Å²) in [6.45, 7) is 3.83. The normalized spacial score (nSPS) is 10.2. The summed E-state index contributed by atoms with van der Waals surface area (Å²) >= 11 is 5.14. The maximum atomic E-state index is 12.3. The van der Waals surface area contributed by atoms with Gasteiger partial charge in [0.2, 0.25) is 0 Å². The molecule has 0 saturated carbocycles. The summed E-state index contributed by atoms with van der Waals surface area (Å²) in [6.07, 6.45) is 0.0398. The SMILES string of the molecule is COc1ccc(C(=O)O)cc1NC(=S)NC(=O)c1ccc(OC(C)C)cc1. The molecule has 0 aliphatic carbocycles. The molecule has 0 spiro atoms. The molecule has 2 aromatic rings. The molecule has 0 bridgehead atoms. The monoisotopic (exact) mass is 388 g/mol. The van der Waals surface area contributed by atoms with Crippen molar-refractivity contribution < 1.29 is 24.2 Å². The number of methoxy groups -OCH3 is 1. The van der Waals surface area contributed by atoms with E-state index >= 15 is 0 Å². The Morgan fingerprint density at radius 3 is 2.26 bits per heavy atom. The first-order chi connectivity index (χ1) is 12.8. The van der Waals surface area contributed by atoms with Crippen LogP contribution in [0.15, 0.2) is 42.5 Å². The van der Waals surface area contributed by atoms with E-state index in [1.807, 2.05) is 13.8 Å². The summed E-state index contributed by atoms with van der Waals surface area (Å²) in [5.74, 6) is -0.430. The van der Waals surface area contributed by atoms with Gasteiger partial charge < -0.3 is 19.9 Å². The molecule has 0 fully saturated rings. The molecule has 0 atom stereocenters. The molecule has 0 saturated heterocycles. The fourth-order valence-electron chi connectivity index (χ4n) is 2.22. The van der Waals surface area contributed by atoms with Gasteiger partial charge >= 0.3 is 5.97 Å². The van der Waals surface area contributed by atoms with Crippen LogP contribution in [-0.2, 0) is 0 Å². The van der Waals surface area contributed by atoms with Gasteiger partial charge in [-0.05, 0) is 68.5 Å². The summed E-state index contributed by atoms with van der Waals surface area (Å²) in [4.78, 5) is 23.4. The van der Waals surface area contributed by atoms with Crippen molar-refractivity contribution in [2.45, 2.75) is 20.0 Å². The molecule has 27 heavy (non-hydrogen) atoms. The highest BCUT2D eigenvalue weighted by Crippen LogP contribution is 2.25. The Balaban J connectivity index is 2.06. The molecule has 0 heterocycles. The Hall–Kier alpha value is -3.13. The van der Waals surface area contributed by atoms with Gasteiger partial charge in [-0.2, -0.15) is 0 Å². The third kappa shape index (κ3) is 5.68. The number of rotatable bonds is 6. The zero-order chi connectivity index (χ0) is 20.0. The van der Waals surface area contributed by atoms with Crippen LogP contribution in [0.4, 0.5) is 5.69 Å². The second-order valence-electron chi connectivity index (χ2n) is 5.82. The molecular formula is C19H20N2O5S. The average Bonchev–Trinajstić information content (AvgIpc) is 2.61. The van der Waals surface area contributed by atoms with Gasteiger partial charge in [-0.1, -0.05) is 0 Å². The number of thiocarbonyl (C=S) groups is 1. The van der Waals surface area contributed by atoms with E-state index in [0.29, 0.717) is 22.7 Å². The van der Waals surface area contributed by atoms with E-state index in [9.17, 15) is 9.59 Å². The minimum Gasteiger partial charge on any atom is -0.495 e. The Morgan fingerprint density at radius 1 is 1.07 bits per heavy atom. The van der Waals surface area contributed by atoms with Crippen molar-refractivity contribution in [3.05, 3.63) is 53.6 Å². The molecule has 142 valence electrons. The van der Waals surface area contributed by atoms with E-state index in [-0.39, 0.29) is 16.8 Å². The van der Waals surface area contributed by atoms with E-state index in [0.717, 1.165) is 0 Å². The van der Waals surface area contributed by atoms with Gasteiger partial charge in [0.15, 0.2) is 5.11 Å². The highest BCUT2D eigenvalue weighted by atomic mass is 32.1. The van der Waals surface area contributed by atoms with Crippen LogP contribution < -0.4 is 20.1 Å². The lowest BCUT2D eigenvalue weighted by Crippen LogP contribution is -2.34. The van der Waals surface area contributed by atoms with Crippen molar-refractivity contribution in [2.75, 3.05) is 12.4 Å². The van der Waals surface area contributed by atoms with Crippen LogP contribution in [0, 0.1) is 0 Å². The zero-order valence-corrected chi connectivity index (χ0v) is 15.9. The van der Waals surface area contributed by atoms with Crippen LogP contribution in [0.3, 0.4) is 0 Å². The predicted molar refractivity (Wildman–Crippen MR) is 106 cm³/mol. The van der Waals surface area contributed by atoms with Gasteiger partial charge in [0.1, 0.15) is 11.5 Å². The van der Waals surface area contributed by atoms with Crippen molar-refractivity contribution in [1.29, 1.82) is 0 Å². The van der Waals surface area contributed by atoms with Crippen molar-refractivity contribution in [1.82, 2.24) is 5.32 Å². The Kier molecular flexibility index (Phi) is 6.73. The fourth-order valence-corrected chi connectivity index (χ4v) is 2.43. The smallest absolute Gasteiger partial charge is 0.335 e. The van der Waals surface area contributed by atoms with Crippen LogP contribution in [0.5, 0.6) is 11.5 Å². The summed E-state index contributed by atoms with van der Waals surface area (Å²) in [5.41, 5.74) is 0.804. The Labute approximate surface area is 162 Å². The molecule has 0 radical (unpaired) electrons. The first-order valence-corrected chi connectivity index (χ1v) is 8.51. The van der Waals surface area contributed by atoms with Crippen LogP contribution in [0.1, 0.15) is 34.6 Å². The highest BCUT2D eigenvalue weighted by molar-refractivity contribution is 7.80. The molecular weight excluding hydrogens is 368 g/mol.